The van der Waals surface area contributed by atoms with E-state index in [9.17, 15) is 9.59 Å². The Labute approximate surface area is 103 Å². The van der Waals surface area contributed by atoms with E-state index in [1.54, 1.807) is 11.8 Å². The van der Waals surface area contributed by atoms with E-state index in [2.05, 4.69) is 5.32 Å². The fourth-order valence-electron chi connectivity index (χ4n) is 1.33. The molecule has 0 aromatic heterocycles. The average molecular weight is 244 g/mol. The zero-order chi connectivity index (χ0) is 13.5. The predicted octanol–water partition coefficient (Wildman–Crippen LogP) is 0.786. The van der Waals surface area contributed by atoms with Gasteiger partial charge in [0.05, 0.1) is 19.7 Å². The second kappa shape index (κ2) is 7.27. The van der Waals surface area contributed by atoms with Crippen LogP contribution in [0.3, 0.4) is 0 Å². The Bertz CT molecular complexity index is 259. The minimum Gasteiger partial charge on any atom is -0.465 e. The van der Waals surface area contributed by atoms with Crippen molar-refractivity contribution in [1.29, 1.82) is 0 Å². The monoisotopic (exact) mass is 244 g/mol. The Balaban J connectivity index is 4.13. The molecule has 0 bridgehead atoms. The van der Waals surface area contributed by atoms with Gasteiger partial charge in [-0.2, -0.15) is 0 Å². The van der Waals surface area contributed by atoms with E-state index in [0.717, 1.165) is 0 Å². The Morgan fingerprint density at radius 2 is 1.76 bits per heavy atom. The quantitative estimate of drug-likeness (QED) is 0.702. The molecule has 0 saturated carbocycles. The molecule has 0 aliphatic carbocycles. The van der Waals surface area contributed by atoms with Gasteiger partial charge in [0.2, 0.25) is 5.91 Å². The SMILES string of the molecule is CCOC(=O)CN(CC)CC(=O)NC(C)(C)C. The van der Waals surface area contributed by atoms with Crippen LogP contribution in [-0.2, 0) is 14.3 Å². The fraction of sp³-hybridized carbons (Fsp3) is 0.833. The number of carbonyl (C=O) groups is 2. The highest BCUT2D eigenvalue weighted by Crippen LogP contribution is 1.99. The molecular weight excluding hydrogens is 220 g/mol. The lowest BCUT2D eigenvalue weighted by molar-refractivity contribution is -0.144. The maximum atomic E-state index is 11.7. The number of amides is 1. The van der Waals surface area contributed by atoms with Gasteiger partial charge < -0.3 is 10.1 Å². The van der Waals surface area contributed by atoms with E-state index in [1.165, 1.54) is 0 Å². The summed E-state index contributed by atoms with van der Waals surface area (Å²) >= 11 is 0. The van der Waals surface area contributed by atoms with Crippen molar-refractivity contribution in [3.8, 4) is 0 Å². The number of esters is 1. The summed E-state index contributed by atoms with van der Waals surface area (Å²) < 4.78 is 4.84. The summed E-state index contributed by atoms with van der Waals surface area (Å²) in [6.07, 6.45) is 0. The second-order valence-corrected chi connectivity index (χ2v) is 4.91. The van der Waals surface area contributed by atoms with Crippen LogP contribution >= 0.6 is 0 Å². The van der Waals surface area contributed by atoms with Crippen molar-refractivity contribution in [3.05, 3.63) is 0 Å². The highest BCUT2D eigenvalue weighted by molar-refractivity contribution is 5.79. The van der Waals surface area contributed by atoms with E-state index < -0.39 is 0 Å². The molecule has 0 heterocycles. The maximum absolute atomic E-state index is 11.7. The summed E-state index contributed by atoms with van der Waals surface area (Å²) in [5.74, 6) is -0.374. The van der Waals surface area contributed by atoms with E-state index in [4.69, 9.17) is 4.74 Å². The van der Waals surface area contributed by atoms with Crippen molar-refractivity contribution in [2.45, 2.75) is 40.2 Å². The Morgan fingerprint density at radius 3 is 2.18 bits per heavy atom. The molecular formula is C12H24N2O3. The first-order valence-corrected chi connectivity index (χ1v) is 5.97. The Morgan fingerprint density at radius 1 is 1.18 bits per heavy atom. The molecule has 5 nitrogen and oxygen atoms in total. The molecule has 1 amide bonds. The molecule has 0 rings (SSSR count). The standard InChI is InChI=1S/C12H24N2O3/c1-6-14(9-11(16)17-7-2)8-10(15)13-12(3,4)5/h6-9H2,1-5H3,(H,13,15). The third-order valence-electron chi connectivity index (χ3n) is 1.99. The van der Waals surface area contributed by atoms with Gasteiger partial charge in [-0.05, 0) is 34.2 Å². The van der Waals surface area contributed by atoms with Gasteiger partial charge in [-0.25, -0.2) is 0 Å². The van der Waals surface area contributed by atoms with Crippen LogP contribution in [0.25, 0.3) is 0 Å². The molecule has 0 aromatic rings. The van der Waals surface area contributed by atoms with Crippen molar-refractivity contribution in [2.24, 2.45) is 0 Å². The molecule has 0 fully saturated rings. The van der Waals surface area contributed by atoms with E-state index in [0.29, 0.717) is 13.2 Å². The summed E-state index contributed by atoms with van der Waals surface area (Å²) in [5.41, 5.74) is -0.250. The topological polar surface area (TPSA) is 58.6 Å². The van der Waals surface area contributed by atoms with Crippen LogP contribution in [-0.4, -0.2) is 48.6 Å². The molecule has 0 radical (unpaired) electrons. The van der Waals surface area contributed by atoms with Crippen LogP contribution in [0.1, 0.15) is 34.6 Å². The first kappa shape index (κ1) is 15.9. The number of nitrogens with zero attached hydrogens (tertiary/aromatic N) is 1. The molecule has 0 spiro atoms. The van der Waals surface area contributed by atoms with Gasteiger partial charge in [0.1, 0.15) is 0 Å². The maximum Gasteiger partial charge on any atom is 0.320 e. The van der Waals surface area contributed by atoms with Gasteiger partial charge in [-0.1, -0.05) is 6.92 Å². The molecule has 0 aromatic carbocycles. The highest BCUT2D eigenvalue weighted by Gasteiger charge is 2.17. The smallest absolute Gasteiger partial charge is 0.320 e. The lowest BCUT2D eigenvalue weighted by Gasteiger charge is -2.24. The second-order valence-electron chi connectivity index (χ2n) is 4.91. The van der Waals surface area contributed by atoms with E-state index in [1.807, 2.05) is 27.7 Å². The number of rotatable bonds is 6. The number of ether oxygens (including phenoxy) is 1. The fourth-order valence-corrected chi connectivity index (χ4v) is 1.33. The molecule has 0 saturated heterocycles. The van der Waals surface area contributed by atoms with Crippen LogP contribution in [0, 0.1) is 0 Å². The molecule has 0 aliphatic heterocycles. The highest BCUT2D eigenvalue weighted by atomic mass is 16.5. The number of carbonyl (C=O) groups excluding carboxylic acids is 2. The Hall–Kier alpha value is -1.10. The zero-order valence-electron chi connectivity index (χ0n) is 11.5. The van der Waals surface area contributed by atoms with Gasteiger partial charge in [-0.15, -0.1) is 0 Å². The number of likely N-dealkylation sites (N-methyl/N-ethyl adjacent to an activating group) is 1. The van der Waals surface area contributed by atoms with Gasteiger partial charge in [0, 0.05) is 5.54 Å². The molecule has 0 aliphatic rings. The van der Waals surface area contributed by atoms with E-state index >= 15 is 0 Å². The lowest BCUT2D eigenvalue weighted by Crippen LogP contribution is -2.47. The number of hydrogen-bond acceptors (Lipinski definition) is 4. The summed E-state index contributed by atoms with van der Waals surface area (Å²) in [4.78, 5) is 24.7. The van der Waals surface area contributed by atoms with Crippen LogP contribution in [0.5, 0.6) is 0 Å². The average Bonchev–Trinajstić information content (AvgIpc) is 2.13. The van der Waals surface area contributed by atoms with Crippen LogP contribution < -0.4 is 5.32 Å². The summed E-state index contributed by atoms with van der Waals surface area (Å²) in [7, 11) is 0. The van der Waals surface area contributed by atoms with E-state index in [-0.39, 0.29) is 30.5 Å². The molecule has 1 N–H and O–H groups in total. The van der Waals surface area contributed by atoms with Crippen molar-refractivity contribution >= 4 is 11.9 Å². The largest absolute Gasteiger partial charge is 0.465 e. The summed E-state index contributed by atoms with van der Waals surface area (Å²) in [5, 5.41) is 2.86. The van der Waals surface area contributed by atoms with Gasteiger partial charge >= 0.3 is 5.97 Å². The van der Waals surface area contributed by atoms with Crippen LogP contribution in [0.4, 0.5) is 0 Å². The molecule has 17 heavy (non-hydrogen) atoms. The molecule has 5 heteroatoms. The Kier molecular flexibility index (Phi) is 6.80. The lowest BCUT2D eigenvalue weighted by atomic mass is 10.1. The van der Waals surface area contributed by atoms with Crippen LogP contribution in [0.2, 0.25) is 0 Å². The zero-order valence-corrected chi connectivity index (χ0v) is 11.5. The minimum absolute atomic E-state index is 0.0800. The van der Waals surface area contributed by atoms with Crippen LogP contribution in [0.15, 0.2) is 0 Å². The number of nitrogens with one attached hydrogen (secondary N) is 1. The summed E-state index contributed by atoms with van der Waals surface area (Å²) in [6, 6.07) is 0. The van der Waals surface area contributed by atoms with Crippen molar-refractivity contribution in [2.75, 3.05) is 26.2 Å². The van der Waals surface area contributed by atoms with Crippen molar-refractivity contribution in [3.63, 3.8) is 0 Å². The minimum atomic E-state index is -0.294. The number of hydrogen-bond donors (Lipinski definition) is 1. The van der Waals surface area contributed by atoms with Gasteiger partial charge in [0.25, 0.3) is 0 Å². The first-order chi connectivity index (χ1) is 7.78. The summed E-state index contributed by atoms with van der Waals surface area (Å²) in [6.45, 7) is 10.8. The molecule has 100 valence electrons. The van der Waals surface area contributed by atoms with Crippen molar-refractivity contribution in [1.82, 2.24) is 10.2 Å². The molecule has 0 unspecified atom stereocenters. The third-order valence-corrected chi connectivity index (χ3v) is 1.99. The van der Waals surface area contributed by atoms with Crippen molar-refractivity contribution < 1.29 is 14.3 Å². The molecule has 0 atom stereocenters. The normalized spacial score (nSPS) is 11.4. The first-order valence-electron chi connectivity index (χ1n) is 5.97. The van der Waals surface area contributed by atoms with Gasteiger partial charge in [-0.3, -0.25) is 14.5 Å². The van der Waals surface area contributed by atoms with Gasteiger partial charge in [0.15, 0.2) is 0 Å². The predicted molar refractivity (Wildman–Crippen MR) is 66.6 cm³/mol. The third kappa shape index (κ3) is 8.68.